The Morgan fingerprint density at radius 3 is 2.38 bits per heavy atom. The number of anilines is 2. The minimum atomic E-state index is -4.83. The number of halogens is 3. The Morgan fingerprint density at radius 2 is 1.76 bits per heavy atom. The first-order valence-electron chi connectivity index (χ1n) is 12.0. The van der Waals surface area contributed by atoms with Crippen LogP contribution in [0.3, 0.4) is 0 Å². The topological polar surface area (TPSA) is 82.0 Å². The molecule has 0 aromatic heterocycles. The van der Waals surface area contributed by atoms with Crippen LogP contribution in [0.1, 0.15) is 31.4 Å². The van der Waals surface area contributed by atoms with Gasteiger partial charge in [-0.1, -0.05) is 25.1 Å². The Kier molecular flexibility index (Phi) is 9.01. The molecule has 0 spiro atoms. The van der Waals surface area contributed by atoms with Crippen molar-refractivity contribution in [3.63, 3.8) is 0 Å². The molecular formula is C26H34F3N5O3. The molecule has 0 saturated carbocycles. The lowest BCUT2D eigenvalue weighted by atomic mass is 10.1. The number of benzene rings is 2. The van der Waals surface area contributed by atoms with Gasteiger partial charge in [-0.3, -0.25) is 19.8 Å². The molecule has 4 rings (SSSR count). The summed E-state index contributed by atoms with van der Waals surface area (Å²) in [4.78, 5) is 29.0. The number of alkyl halides is 3. The van der Waals surface area contributed by atoms with Gasteiger partial charge in [0.1, 0.15) is 5.56 Å². The second-order valence-corrected chi connectivity index (χ2v) is 9.37. The molecule has 1 amide bonds. The quantitative estimate of drug-likeness (QED) is 0.417. The third kappa shape index (κ3) is 7.12. The van der Waals surface area contributed by atoms with E-state index >= 15 is 0 Å². The first-order chi connectivity index (χ1) is 17.1. The number of nitrogens with zero attached hydrogens (tertiary/aromatic N) is 4. The van der Waals surface area contributed by atoms with Crippen molar-refractivity contribution < 1.29 is 22.9 Å². The number of amides is 1. The van der Waals surface area contributed by atoms with Crippen LogP contribution in [0.15, 0.2) is 42.5 Å². The molecule has 2 aromatic carbocycles. The zero-order valence-electron chi connectivity index (χ0n) is 20.1. The number of hydrogen-bond acceptors (Lipinski definition) is 6. The lowest BCUT2D eigenvalue weighted by molar-refractivity contribution is -0.388. The number of aryl methyl sites for hydroxylation is 1. The van der Waals surface area contributed by atoms with Crippen LogP contribution in [0.2, 0.25) is 0 Å². The van der Waals surface area contributed by atoms with E-state index in [0.29, 0.717) is 32.5 Å². The van der Waals surface area contributed by atoms with Crippen molar-refractivity contribution >= 4 is 23.0 Å². The Morgan fingerprint density at radius 1 is 1.08 bits per heavy atom. The van der Waals surface area contributed by atoms with E-state index in [0.717, 1.165) is 38.3 Å². The number of carbonyl (C=O) groups is 1. The Labute approximate surface area is 215 Å². The second kappa shape index (κ2) is 11.8. The second-order valence-electron chi connectivity index (χ2n) is 9.37. The van der Waals surface area contributed by atoms with E-state index in [1.807, 2.05) is 0 Å². The highest BCUT2D eigenvalue weighted by molar-refractivity contribution is 5.77. The van der Waals surface area contributed by atoms with Gasteiger partial charge in [0, 0.05) is 75.7 Å². The summed E-state index contributed by atoms with van der Waals surface area (Å²) in [5.74, 6) is 0.0277. The average molecular weight is 522 g/mol. The molecule has 202 valence electrons. The molecule has 0 radical (unpaired) electrons. The Balaban J connectivity index is 0.00000380. The van der Waals surface area contributed by atoms with Crippen LogP contribution in [-0.4, -0.2) is 72.5 Å². The van der Waals surface area contributed by atoms with Crippen molar-refractivity contribution in [2.45, 2.75) is 39.4 Å². The fourth-order valence-electron chi connectivity index (χ4n) is 4.75. The lowest BCUT2D eigenvalue weighted by Gasteiger charge is -2.36. The van der Waals surface area contributed by atoms with Crippen molar-refractivity contribution in [3.8, 4) is 0 Å². The van der Waals surface area contributed by atoms with E-state index in [1.165, 1.54) is 17.3 Å². The van der Waals surface area contributed by atoms with E-state index in [-0.39, 0.29) is 25.1 Å². The summed E-state index contributed by atoms with van der Waals surface area (Å²) in [5, 5.41) is 13.9. The summed E-state index contributed by atoms with van der Waals surface area (Å²) in [6.07, 6.45) is -3.84. The number of carbonyl (C=O) groups excluding carboxylic acids is 1. The fourth-order valence-corrected chi connectivity index (χ4v) is 4.75. The SMILES string of the molecule is C.Cc1ccc(N2CCN(CCC(=O)N3CC[C@@H](Nc4ccc([N+](=O)[O-])c(C(F)(F)F)c4)C3)CC2)cc1. The summed E-state index contributed by atoms with van der Waals surface area (Å²) in [6.45, 7) is 7.22. The normalized spacial score (nSPS) is 18.4. The summed E-state index contributed by atoms with van der Waals surface area (Å²) < 4.78 is 39.7. The predicted octanol–water partition coefficient (Wildman–Crippen LogP) is 4.78. The van der Waals surface area contributed by atoms with Gasteiger partial charge in [0.2, 0.25) is 5.91 Å². The first kappa shape index (κ1) is 28.2. The van der Waals surface area contributed by atoms with Crippen molar-refractivity contribution in [1.82, 2.24) is 9.80 Å². The molecule has 0 bridgehead atoms. The molecule has 2 fully saturated rings. The molecule has 8 nitrogen and oxygen atoms in total. The van der Waals surface area contributed by atoms with Gasteiger partial charge < -0.3 is 15.1 Å². The van der Waals surface area contributed by atoms with E-state index in [4.69, 9.17) is 0 Å². The van der Waals surface area contributed by atoms with E-state index in [1.54, 1.807) is 4.90 Å². The maximum absolute atomic E-state index is 13.2. The lowest BCUT2D eigenvalue weighted by Crippen LogP contribution is -2.47. The summed E-state index contributed by atoms with van der Waals surface area (Å²) in [6, 6.07) is 11.2. The standard InChI is InChI=1S/C25H30F3N5O3.CH4/c1-18-2-5-21(6-3-18)31-14-12-30(13-15-31)10-9-24(34)32-11-8-20(17-32)29-19-4-7-23(33(35)36)22(16-19)25(26,27)28;/h2-7,16,20,29H,8-15,17H2,1H3;1H4/t20-;/m1./s1. The minimum Gasteiger partial charge on any atom is -0.380 e. The summed E-state index contributed by atoms with van der Waals surface area (Å²) in [7, 11) is 0. The molecule has 11 heteroatoms. The fraction of sp³-hybridized carbons (Fsp3) is 0.500. The van der Waals surface area contributed by atoms with Gasteiger partial charge >= 0.3 is 6.18 Å². The molecule has 37 heavy (non-hydrogen) atoms. The predicted molar refractivity (Wildman–Crippen MR) is 138 cm³/mol. The van der Waals surface area contributed by atoms with Gasteiger partial charge in [-0.25, -0.2) is 0 Å². The monoisotopic (exact) mass is 521 g/mol. The van der Waals surface area contributed by atoms with Gasteiger partial charge in [0.05, 0.1) is 4.92 Å². The van der Waals surface area contributed by atoms with Crippen molar-refractivity contribution in [1.29, 1.82) is 0 Å². The van der Waals surface area contributed by atoms with Crippen molar-refractivity contribution in [2.24, 2.45) is 0 Å². The molecule has 2 saturated heterocycles. The molecule has 0 unspecified atom stereocenters. The third-order valence-corrected chi connectivity index (χ3v) is 6.82. The van der Waals surface area contributed by atoms with Crippen molar-refractivity contribution in [2.75, 3.05) is 56.0 Å². The molecule has 1 N–H and O–H groups in total. The van der Waals surface area contributed by atoms with Gasteiger partial charge in [-0.2, -0.15) is 13.2 Å². The highest BCUT2D eigenvalue weighted by Gasteiger charge is 2.38. The molecule has 0 aliphatic carbocycles. The van der Waals surface area contributed by atoms with Gasteiger partial charge in [-0.05, 0) is 37.6 Å². The van der Waals surface area contributed by atoms with E-state index < -0.39 is 22.4 Å². The van der Waals surface area contributed by atoms with Crippen LogP contribution in [-0.2, 0) is 11.0 Å². The highest BCUT2D eigenvalue weighted by Crippen LogP contribution is 2.37. The maximum Gasteiger partial charge on any atom is 0.423 e. The van der Waals surface area contributed by atoms with Crippen LogP contribution in [0.4, 0.5) is 30.2 Å². The van der Waals surface area contributed by atoms with E-state index in [9.17, 15) is 28.1 Å². The van der Waals surface area contributed by atoms with Crippen molar-refractivity contribution in [3.05, 3.63) is 63.7 Å². The summed E-state index contributed by atoms with van der Waals surface area (Å²) in [5.41, 5.74) is 0.330. The van der Waals surface area contributed by atoms with Crippen LogP contribution in [0.25, 0.3) is 0 Å². The summed E-state index contributed by atoms with van der Waals surface area (Å²) >= 11 is 0. The molecule has 2 aliphatic heterocycles. The van der Waals surface area contributed by atoms with Gasteiger partial charge in [0.15, 0.2) is 0 Å². The smallest absolute Gasteiger partial charge is 0.380 e. The number of likely N-dealkylation sites (tertiary alicyclic amines) is 1. The van der Waals surface area contributed by atoms with Crippen LogP contribution < -0.4 is 10.2 Å². The zero-order valence-corrected chi connectivity index (χ0v) is 20.1. The van der Waals surface area contributed by atoms with Crippen LogP contribution in [0.5, 0.6) is 0 Å². The third-order valence-electron chi connectivity index (χ3n) is 6.82. The number of hydrogen-bond donors (Lipinski definition) is 1. The highest BCUT2D eigenvalue weighted by atomic mass is 19.4. The molecule has 1 atom stereocenters. The largest absolute Gasteiger partial charge is 0.423 e. The zero-order chi connectivity index (χ0) is 25.9. The first-order valence-corrected chi connectivity index (χ1v) is 12.0. The Hall–Kier alpha value is -3.34. The van der Waals surface area contributed by atoms with Gasteiger partial charge in [0.25, 0.3) is 5.69 Å². The molecular weight excluding hydrogens is 487 g/mol. The number of piperazine rings is 1. The number of nitrogens with one attached hydrogen (secondary N) is 1. The molecule has 2 heterocycles. The van der Waals surface area contributed by atoms with Gasteiger partial charge in [-0.15, -0.1) is 0 Å². The molecule has 2 aliphatic rings. The Bertz CT molecular complexity index is 1090. The number of nitro benzene ring substituents is 1. The number of rotatable bonds is 7. The minimum absolute atomic E-state index is 0. The number of nitro groups is 1. The average Bonchev–Trinajstić information content (AvgIpc) is 3.31. The van der Waals surface area contributed by atoms with Crippen LogP contribution in [0, 0.1) is 17.0 Å². The van der Waals surface area contributed by atoms with Crippen LogP contribution >= 0.6 is 0 Å². The van der Waals surface area contributed by atoms with E-state index in [2.05, 4.69) is 46.3 Å². The molecule has 2 aromatic rings. The maximum atomic E-state index is 13.2.